The maximum Gasteiger partial charge on any atom is 0.142 e. The van der Waals surface area contributed by atoms with Crippen molar-refractivity contribution in [2.24, 2.45) is 5.73 Å². The van der Waals surface area contributed by atoms with Gasteiger partial charge in [-0.15, -0.1) is 0 Å². The van der Waals surface area contributed by atoms with Crippen molar-refractivity contribution in [2.45, 2.75) is 50.2 Å². The van der Waals surface area contributed by atoms with Gasteiger partial charge in [0.2, 0.25) is 0 Å². The zero-order valence-corrected chi connectivity index (χ0v) is 12.9. The van der Waals surface area contributed by atoms with Crippen LogP contribution < -0.4 is 5.73 Å². The second kappa shape index (κ2) is 6.33. The molecule has 1 fully saturated rings. The Morgan fingerprint density at radius 2 is 1.89 bits per heavy atom. The summed E-state index contributed by atoms with van der Waals surface area (Å²) in [4.78, 5) is 0. The van der Waals surface area contributed by atoms with Crippen molar-refractivity contribution in [3.8, 4) is 0 Å². The highest BCUT2D eigenvalue weighted by molar-refractivity contribution is 9.10. The summed E-state index contributed by atoms with van der Waals surface area (Å²) in [5.74, 6) is -0.268. The third-order valence-corrected chi connectivity index (χ3v) is 4.85. The standard InChI is InChI=1S/C15H21BrFNO/c1-19-15(9-4-2-3-5-10-15)14(18)11-7-6-8-12(16)13(11)17/h6-8,14H,2-5,9-10,18H2,1H3. The molecule has 2 N–H and O–H groups in total. The summed E-state index contributed by atoms with van der Waals surface area (Å²) in [6, 6.07) is 4.85. The van der Waals surface area contributed by atoms with E-state index in [1.165, 1.54) is 12.8 Å². The molecule has 0 radical (unpaired) electrons. The van der Waals surface area contributed by atoms with E-state index < -0.39 is 11.6 Å². The number of hydrogen-bond donors (Lipinski definition) is 1. The average molecular weight is 330 g/mol. The lowest BCUT2D eigenvalue weighted by atomic mass is 9.82. The van der Waals surface area contributed by atoms with E-state index in [9.17, 15) is 4.39 Å². The van der Waals surface area contributed by atoms with Gasteiger partial charge in [0.15, 0.2) is 0 Å². The first kappa shape index (κ1) is 14.9. The van der Waals surface area contributed by atoms with Gasteiger partial charge in [0.1, 0.15) is 5.82 Å². The van der Waals surface area contributed by atoms with Gasteiger partial charge in [0.25, 0.3) is 0 Å². The van der Waals surface area contributed by atoms with Crippen LogP contribution in [0.2, 0.25) is 0 Å². The highest BCUT2D eigenvalue weighted by atomic mass is 79.9. The summed E-state index contributed by atoms with van der Waals surface area (Å²) in [5.41, 5.74) is 6.48. The van der Waals surface area contributed by atoms with Crippen LogP contribution in [0.5, 0.6) is 0 Å². The van der Waals surface area contributed by atoms with Gasteiger partial charge in [0, 0.05) is 12.7 Å². The van der Waals surface area contributed by atoms with Crippen LogP contribution >= 0.6 is 15.9 Å². The van der Waals surface area contributed by atoms with Gasteiger partial charge in [-0.25, -0.2) is 4.39 Å². The molecule has 0 heterocycles. The van der Waals surface area contributed by atoms with Crippen LogP contribution in [0.25, 0.3) is 0 Å². The molecule has 1 saturated carbocycles. The fourth-order valence-corrected chi connectivity index (χ4v) is 3.39. The molecule has 4 heteroatoms. The number of halogens is 2. The number of hydrogen-bond acceptors (Lipinski definition) is 2. The maximum atomic E-state index is 14.2. The molecular formula is C15H21BrFNO. The Morgan fingerprint density at radius 3 is 2.47 bits per heavy atom. The zero-order chi connectivity index (χ0) is 13.9. The number of methoxy groups -OCH3 is 1. The minimum absolute atomic E-state index is 0.268. The van der Waals surface area contributed by atoms with Crippen LogP contribution in [0.4, 0.5) is 4.39 Å². The van der Waals surface area contributed by atoms with Crippen molar-refractivity contribution in [3.05, 3.63) is 34.1 Å². The van der Waals surface area contributed by atoms with Gasteiger partial charge in [-0.2, -0.15) is 0 Å². The second-order valence-electron chi connectivity index (χ2n) is 5.30. The van der Waals surface area contributed by atoms with E-state index in [1.54, 1.807) is 19.2 Å². The lowest BCUT2D eigenvalue weighted by molar-refractivity contribution is -0.0449. The Balaban J connectivity index is 2.34. The Labute approximate surface area is 122 Å². The number of nitrogens with two attached hydrogens (primary N) is 1. The van der Waals surface area contributed by atoms with Crippen LogP contribution in [0, 0.1) is 5.82 Å². The quantitative estimate of drug-likeness (QED) is 0.838. The molecule has 0 aromatic heterocycles. The zero-order valence-electron chi connectivity index (χ0n) is 11.3. The predicted octanol–water partition coefficient (Wildman–Crippen LogP) is 4.33. The van der Waals surface area contributed by atoms with Crippen molar-refractivity contribution in [1.82, 2.24) is 0 Å². The average Bonchev–Trinajstić information content (AvgIpc) is 2.67. The monoisotopic (exact) mass is 329 g/mol. The molecule has 1 aromatic rings. The number of benzene rings is 1. The predicted molar refractivity (Wildman–Crippen MR) is 78.5 cm³/mol. The van der Waals surface area contributed by atoms with E-state index in [-0.39, 0.29) is 5.82 Å². The molecule has 2 rings (SSSR count). The summed E-state index contributed by atoms with van der Waals surface area (Å²) in [6.07, 6.45) is 6.40. The summed E-state index contributed by atoms with van der Waals surface area (Å²) < 4.78 is 20.5. The molecule has 1 aromatic carbocycles. The van der Waals surface area contributed by atoms with Gasteiger partial charge in [-0.05, 0) is 34.8 Å². The van der Waals surface area contributed by atoms with Gasteiger partial charge in [0.05, 0.1) is 16.1 Å². The SMILES string of the molecule is COC1(C(N)c2cccc(Br)c2F)CCCCCC1. The summed E-state index contributed by atoms with van der Waals surface area (Å²) >= 11 is 3.22. The lowest BCUT2D eigenvalue weighted by Crippen LogP contribution is -2.43. The van der Waals surface area contributed by atoms with E-state index in [2.05, 4.69) is 15.9 Å². The van der Waals surface area contributed by atoms with Crippen molar-refractivity contribution in [2.75, 3.05) is 7.11 Å². The third kappa shape index (κ3) is 3.01. The van der Waals surface area contributed by atoms with Crippen molar-refractivity contribution < 1.29 is 9.13 Å². The Hall–Kier alpha value is -0.450. The van der Waals surface area contributed by atoms with E-state index >= 15 is 0 Å². The van der Waals surface area contributed by atoms with E-state index in [0.717, 1.165) is 25.7 Å². The smallest absolute Gasteiger partial charge is 0.142 e. The van der Waals surface area contributed by atoms with Crippen LogP contribution in [-0.4, -0.2) is 12.7 Å². The van der Waals surface area contributed by atoms with Gasteiger partial charge < -0.3 is 10.5 Å². The summed E-state index contributed by atoms with van der Waals surface area (Å²) in [7, 11) is 1.70. The largest absolute Gasteiger partial charge is 0.376 e. The molecule has 0 bridgehead atoms. The normalized spacial score (nSPS) is 20.8. The second-order valence-corrected chi connectivity index (χ2v) is 6.16. The third-order valence-electron chi connectivity index (χ3n) is 4.24. The molecule has 1 unspecified atom stereocenters. The summed E-state index contributed by atoms with van der Waals surface area (Å²) in [6.45, 7) is 0. The van der Waals surface area contributed by atoms with Gasteiger partial charge in [-0.3, -0.25) is 0 Å². The molecule has 0 saturated heterocycles. The Kier molecular flexibility index (Phi) is 4.98. The Morgan fingerprint density at radius 1 is 1.26 bits per heavy atom. The highest BCUT2D eigenvalue weighted by Crippen LogP contribution is 2.40. The van der Waals surface area contributed by atoms with Crippen LogP contribution in [0.1, 0.15) is 50.1 Å². The molecule has 1 aliphatic rings. The maximum absolute atomic E-state index is 14.2. The fourth-order valence-electron chi connectivity index (χ4n) is 3.01. The molecule has 0 aliphatic heterocycles. The molecule has 1 aliphatic carbocycles. The fraction of sp³-hybridized carbons (Fsp3) is 0.600. The van der Waals surface area contributed by atoms with E-state index in [0.29, 0.717) is 10.0 Å². The van der Waals surface area contributed by atoms with E-state index in [1.807, 2.05) is 6.07 Å². The number of rotatable bonds is 3. The topological polar surface area (TPSA) is 35.2 Å². The molecule has 0 spiro atoms. The first-order valence-corrected chi connectivity index (χ1v) is 7.65. The van der Waals surface area contributed by atoms with E-state index in [4.69, 9.17) is 10.5 Å². The minimum Gasteiger partial charge on any atom is -0.376 e. The molecule has 2 nitrogen and oxygen atoms in total. The number of ether oxygens (including phenoxy) is 1. The van der Waals surface area contributed by atoms with Crippen molar-refractivity contribution in [1.29, 1.82) is 0 Å². The summed E-state index contributed by atoms with van der Waals surface area (Å²) in [5, 5.41) is 0. The first-order valence-electron chi connectivity index (χ1n) is 6.85. The van der Waals surface area contributed by atoms with Gasteiger partial charge in [-0.1, -0.05) is 37.8 Å². The highest BCUT2D eigenvalue weighted by Gasteiger charge is 2.39. The van der Waals surface area contributed by atoms with Gasteiger partial charge >= 0.3 is 0 Å². The molecular weight excluding hydrogens is 309 g/mol. The molecule has 0 amide bonds. The Bertz CT molecular complexity index is 430. The van der Waals surface area contributed by atoms with Crippen LogP contribution in [-0.2, 0) is 4.74 Å². The van der Waals surface area contributed by atoms with Crippen LogP contribution in [0.15, 0.2) is 22.7 Å². The molecule has 1 atom stereocenters. The first-order chi connectivity index (χ1) is 9.10. The van der Waals surface area contributed by atoms with Crippen molar-refractivity contribution in [3.63, 3.8) is 0 Å². The molecule has 106 valence electrons. The van der Waals surface area contributed by atoms with Crippen molar-refractivity contribution >= 4 is 15.9 Å². The molecule has 19 heavy (non-hydrogen) atoms. The minimum atomic E-state index is -0.432. The van der Waals surface area contributed by atoms with Crippen LogP contribution in [0.3, 0.4) is 0 Å². The lowest BCUT2D eigenvalue weighted by Gasteiger charge is -2.37.